The number of aliphatic hydroxyl groups is 1. The van der Waals surface area contributed by atoms with E-state index >= 15 is 0 Å². The molecule has 1 aliphatic rings. The van der Waals surface area contributed by atoms with Crippen LogP contribution in [0.5, 0.6) is 0 Å². The number of hydrogen-bond acceptors (Lipinski definition) is 1. The Morgan fingerprint density at radius 1 is 1.29 bits per heavy atom. The van der Waals surface area contributed by atoms with Crippen LogP contribution in [0, 0.1) is 11.8 Å². The van der Waals surface area contributed by atoms with Gasteiger partial charge in [0, 0.05) is 5.02 Å². The van der Waals surface area contributed by atoms with Gasteiger partial charge in [0.05, 0.1) is 6.10 Å². The lowest BCUT2D eigenvalue weighted by Crippen LogP contribution is -2.20. The fourth-order valence-electron chi connectivity index (χ4n) is 2.87. The van der Waals surface area contributed by atoms with E-state index in [0.29, 0.717) is 10.9 Å². The molecular formula is C15H21ClO. The van der Waals surface area contributed by atoms with E-state index in [4.69, 9.17) is 11.6 Å². The number of hydrogen-bond donors (Lipinski definition) is 1. The average molecular weight is 253 g/mol. The van der Waals surface area contributed by atoms with E-state index in [9.17, 15) is 5.11 Å². The van der Waals surface area contributed by atoms with Crippen LogP contribution >= 0.6 is 11.6 Å². The largest absolute Gasteiger partial charge is 0.388 e. The minimum absolute atomic E-state index is 0.341. The quantitative estimate of drug-likeness (QED) is 0.834. The second-order valence-electron chi connectivity index (χ2n) is 5.19. The zero-order valence-corrected chi connectivity index (χ0v) is 11.2. The predicted molar refractivity (Wildman–Crippen MR) is 72.2 cm³/mol. The normalized spacial score (nSPS) is 26.8. The molecule has 2 rings (SSSR count). The van der Waals surface area contributed by atoms with Gasteiger partial charge in [-0.25, -0.2) is 0 Å². The highest BCUT2D eigenvalue weighted by Gasteiger charge is 2.26. The van der Waals surface area contributed by atoms with Gasteiger partial charge in [-0.05, 0) is 42.4 Å². The van der Waals surface area contributed by atoms with Gasteiger partial charge >= 0.3 is 0 Å². The lowest BCUT2D eigenvalue weighted by atomic mass is 9.77. The summed E-state index contributed by atoms with van der Waals surface area (Å²) in [6.45, 7) is 2.26. The maximum Gasteiger partial charge on any atom is 0.0818 e. The lowest BCUT2D eigenvalue weighted by molar-refractivity contribution is 0.0729. The molecule has 1 unspecified atom stereocenters. The maximum absolute atomic E-state index is 10.4. The van der Waals surface area contributed by atoms with E-state index in [1.165, 1.54) is 19.3 Å². The first kappa shape index (κ1) is 12.9. The topological polar surface area (TPSA) is 20.2 Å². The van der Waals surface area contributed by atoms with Crippen molar-refractivity contribution >= 4 is 11.6 Å². The van der Waals surface area contributed by atoms with Crippen LogP contribution in [-0.2, 0) is 0 Å². The van der Waals surface area contributed by atoms with Crippen molar-refractivity contribution < 1.29 is 5.11 Å². The molecule has 1 N–H and O–H groups in total. The molecule has 0 heterocycles. The van der Waals surface area contributed by atoms with Crippen LogP contribution in [0.25, 0.3) is 0 Å². The van der Waals surface area contributed by atoms with Gasteiger partial charge in [0.15, 0.2) is 0 Å². The summed E-state index contributed by atoms with van der Waals surface area (Å²) in [7, 11) is 0. The summed E-state index contributed by atoms with van der Waals surface area (Å²) in [5.41, 5.74) is 0.970. The van der Waals surface area contributed by atoms with Crippen LogP contribution in [0.15, 0.2) is 24.3 Å². The molecule has 0 aromatic heterocycles. The standard InChI is InChI=1S/C15H21ClO/c1-2-11-6-8-12(9-7-11)15(17)13-4-3-5-14(16)10-13/h3-5,10-12,15,17H,2,6-9H2,1H3. The molecule has 94 valence electrons. The zero-order valence-electron chi connectivity index (χ0n) is 10.4. The summed E-state index contributed by atoms with van der Waals surface area (Å²) in [5, 5.41) is 11.1. The van der Waals surface area contributed by atoms with Crippen molar-refractivity contribution in [1.82, 2.24) is 0 Å². The fraction of sp³-hybridized carbons (Fsp3) is 0.600. The molecule has 0 spiro atoms. The smallest absolute Gasteiger partial charge is 0.0818 e. The first-order valence-corrected chi connectivity index (χ1v) is 7.02. The Hall–Kier alpha value is -0.530. The van der Waals surface area contributed by atoms with E-state index < -0.39 is 0 Å². The van der Waals surface area contributed by atoms with Gasteiger partial charge < -0.3 is 5.11 Å². The molecule has 2 heteroatoms. The summed E-state index contributed by atoms with van der Waals surface area (Å²) in [6, 6.07) is 7.63. The van der Waals surface area contributed by atoms with Gasteiger partial charge in [-0.2, -0.15) is 0 Å². The molecule has 0 bridgehead atoms. The Labute approximate surface area is 109 Å². The Morgan fingerprint density at radius 3 is 2.59 bits per heavy atom. The molecule has 1 aromatic carbocycles. The molecule has 1 atom stereocenters. The summed E-state index contributed by atoms with van der Waals surface area (Å²) in [6.07, 6.45) is 5.75. The van der Waals surface area contributed by atoms with E-state index in [0.717, 1.165) is 24.3 Å². The van der Waals surface area contributed by atoms with Gasteiger partial charge in [0.25, 0.3) is 0 Å². The molecule has 1 saturated carbocycles. The average Bonchev–Trinajstić information content (AvgIpc) is 2.38. The van der Waals surface area contributed by atoms with Crippen molar-refractivity contribution in [2.75, 3.05) is 0 Å². The van der Waals surface area contributed by atoms with Gasteiger partial charge in [0.2, 0.25) is 0 Å². The van der Waals surface area contributed by atoms with Crippen LogP contribution in [0.1, 0.15) is 50.7 Å². The molecule has 17 heavy (non-hydrogen) atoms. The van der Waals surface area contributed by atoms with Crippen molar-refractivity contribution in [2.24, 2.45) is 11.8 Å². The molecule has 1 nitrogen and oxygen atoms in total. The summed E-state index contributed by atoms with van der Waals surface area (Å²) in [4.78, 5) is 0. The third kappa shape index (κ3) is 3.23. The molecule has 1 fully saturated rings. The first-order chi connectivity index (χ1) is 8.20. The lowest BCUT2D eigenvalue weighted by Gasteiger charge is -2.31. The highest BCUT2D eigenvalue weighted by molar-refractivity contribution is 6.30. The van der Waals surface area contributed by atoms with Crippen molar-refractivity contribution in [3.05, 3.63) is 34.9 Å². The molecule has 0 aliphatic heterocycles. The van der Waals surface area contributed by atoms with Crippen molar-refractivity contribution in [1.29, 1.82) is 0 Å². The SMILES string of the molecule is CCC1CCC(C(O)c2cccc(Cl)c2)CC1. The molecule has 1 aliphatic carbocycles. The van der Waals surface area contributed by atoms with Crippen LogP contribution < -0.4 is 0 Å². The highest BCUT2D eigenvalue weighted by Crippen LogP contribution is 2.38. The number of halogens is 1. The number of benzene rings is 1. The molecule has 0 amide bonds. The minimum Gasteiger partial charge on any atom is -0.388 e. The van der Waals surface area contributed by atoms with E-state index in [-0.39, 0.29) is 6.10 Å². The summed E-state index contributed by atoms with van der Waals surface area (Å²) in [5.74, 6) is 1.29. The maximum atomic E-state index is 10.4. The van der Waals surface area contributed by atoms with Crippen LogP contribution in [0.4, 0.5) is 0 Å². The predicted octanol–water partition coefficient (Wildman–Crippen LogP) is 4.59. The van der Waals surface area contributed by atoms with Crippen molar-refractivity contribution in [3.63, 3.8) is 0 Å². The second kappa shape index (κ2) is 5.88. The van der Waals surface area contributed by atoms with Crippen LogP contribution in [0.2, 0.25) is 5.02 Å². The van der Waals surface area contributed by atoms with Crippen LogP contribution in [-0.4, -0.2) is 5.11 Å². The number of rotatable bonds is 3. The Balaban J connectivity index is 1.99. The van der Waals surface area contributed by atoms with Gasteiger partial charge in [-0.15, -0.1) is 0 Å². The minimum atomic E-state index is -0.341. The molecule has 0 saturated heterocycles. The van der Waals surface area contributed by atoms with E-state index in [1.807, 2.05) is 24.3 Å². The van der Waals surface area contributed by atoms with Gasteiger partial charge in [-0.3, -0.25) is 0 Å². The zero-order chi connectivity index (χ0) is 12.3. The van der Waals surface area contributed by atoms with Crippen molar-refractivity contribution in [3.8, 4) is 0 Å². The Bertz CT molecular complexity index is 356. The highest BCUT2D eigenvalue weighted by atomic mass is 35.5. The molecular weight excluding hydrogens is 232 g/mol. The van der Waals surface area contributed by atoms with Crippen LogP contribution in [0.3, 0.4) is 0 Å². The number of aliphatic hydroxyl groups excluding tert-OH is 1. The molecule has 0 radical (unpaired) electrons. The Morgan fingerprint density at radius 2 is 2.00 bits per heavy atom. The van der Waals surface area contributed by atoms with E-state index in [2.05, 4.69) is 6.92 Å². The summed E-state index contributed by atoms with van der Waals surface area (Å²) >= 11 is 5.96. The Kier molecular flexibility index (Phi) is 4.47. The van der Waals surface area contributed by atoms with Gasteiger partial charge in [-0.1, -0.05) is 49.9 Å². The molecule has 1 aromatic rings. The monoisotopic (exact) mass is 252 g/mol. The van der Waals surface area contributed by atoms with Gasteiger partial charge in [0.1, 0.15) is 0 Å². The summed E-state index contributed by atoms with van der Waals surface area (Å²) < 4.78 is 0. The fourth-order valence-corrected chi connectivity index (χ4v) is 3.07. The first-order valence-electron chi connectivity index (χ1n) is 6.64. The second-order valence-corrected chi connectivity index (χ2v) is 5.63. The third-order valence-corrected chi connectivity index (χ3v) is 4.34. The van der Waals surface area contributed by atoms with Crippen molar-refractivity contribution in [2.45, 2.75) is 45.1 Å². The third-order valence-electron chi connectivity index (χ3n) is 4.11. The van der Waals surface area contributed by atoms with E-state index in [1.54, 1.807) is 0 Å².